The molecule has 3 heterocycles. The zero-order valence-corrected chi connectivity index (χ0v) is 21.4. The number of thiophene rings is 1. The molecule has 1 fully saturated rings. The lowest BCUT2D eigenvalue weighted by Crippen LogP contribution is -2.35. The number of hydrogen-bond acceptors (Lipinski definition) is 3. The molecule has 0 atom stereocenters. The molecule has 1 amide bonds. The summed E-state index contributed by atoms with van der Waals surface area (Å²) in [7, 11) is 4.13. The van der Waals surface area contributed by atoms with Gasteiger partial charge in [0.2, 0.25) is 0 Å². The maximum atomic E-state index is 13.0. The van der Waals surface area contributed by atoms with Crippen molar-refractivity contribution in [2.24, 2.45) is 5.41 Å². The number of nitrogens with zero attached hydrogens (tertiary/aromatic N) is 2. The van der Waals surface area contributed by atoms with Crippen LogP contribution in [0.25, 0.3) is 5.57 Å². The molecule has 1 saturated heterocycles. The first-order valence-corrected chi connectivity index (χ1v) is 13.0. The summed E-state index contributed by atoms with van der Waals surface area (Å²) in [6, 6.07) is 4.13. The quantitative estimate of drug-likeness (QED) is 0.464. The first-order chi connectivity index (χ1) is 15.2. The van der Waals surface area contributed by atoms with Crippen LogP contribution < -0.4 is 0 Å². The standard InChI is InChI=1S/C27H33N2OS2/c1-27(2,3)25-18-20(17-24(32-25)19-9-11-21(12-10-19)28(4)5)22-13-14-23(31-22)26(30)29-15-7-6-8-16-29/h9-14,17-18H,6-8,15-16H2,1-5H3/q+1. The molecule has 5 heteroatoms. The van der Waals surface area contributed by atoms with Gasteiger partial charge in [-0.25, -0.2) is 4.58 Å². The van der Waals surface area contributed by atoms with Crippen molar-refractivity contribution in [2.75, 3.05) is 27.2 Å². The summed E-state index contributed by atoms with van der Waals surface area (Å²) in [5.74, 6) is 0.190. The number of piperidine rings is 1. The highest BCUT2D eigenvalue weighted by atomic mass is 32.2. The van der Waals surface area contributed by atoms with Gasteiger partial charge in [-0.3, -0.25) is 4.79 Å². The fraction of sp³-hybridized carbons (Fsp3) is 0.407. The highest BCUT2D eigenvalue weighted by Gasteiger charge is 2.25. The van der Waals surface area contributed by atoms with Crippen molar-refractivity contribution >= 4 is 40.3 Å². The molecule has 0 spiro atoms. The molecule has 32 heavy (non-hydrogen) atoms. The number of hydrogen-bond donors (Lipinski definition) is 0. The van der Waals surface area contributed by atoms with Crippen LogP contribution in [0.4, 0.5) is 0 Å². The predicted octanol–water partition coefficient (Wildman–Crippen LogP) is 6.53. The molecular weight excluding hydrogens is 432 g/mol. The van der Waals surface area contributed by atoms with Crippen molar-refractivity contribution in [1.82, 2.24) is 4.90 Å². The van der Waals surface area contributed by atoms with E-state index in [-0.39, 0.29) is 11.3 Å². The molecule has 3 nitrogen and oxygen atoms in total. The average molecular weight is 466 g/mol. The van der Waals surface area contributed by atoms with E-state index in [1.165, 1.54) is 33.1 Å². The zero-order chi connectivity index (χ0) is 22.9. The van der Waals surface area contributed by atoms with Crippen LogP contribution in [-0.2, 0) is 0 Å². The van der Waals surface area contributed by atoms with Crippen LogP contribution in [0.1, 0.15) is 54.6 Å². The highest BCUT2D eigenvalue weighted by molar-refractivity contribution is 8.07. The molecule has 0 saturated carbocycles. The molecule has 168 valence electrons. The minimum absolute atomic E-state index is 0.0582. The van der Waals surface area contributed by atoms with E-state index in [0.29, 0.717) is 0 Å². The predicted molar refractivity (Wildman–Crippen MR) is 140 cm³/mol. The average Bonchev–Trinajstić information content (AvgIpc) is 3.29. The van der Waals surface area contributed by atoms with E-state index in [2.05, 4.69) is 82.0 Å². The van der Waals surface area contributed by atoms with Gasteiger partial charge in [-0.15, -0.1) is 11.3 Å². The maximum Gasteiger partial charge on any atom is 0.263 e. The van der Waals surface area contributed by atoms with E-state index in [9.17, 15) is 4.79 Å². The second-order valence-corrected chi connectivity index (χ2v) is 12.0. The van der Waals surface area contributed by atoms with Gasteiger partial charge in [-0.05, 0) is 77.2 Å². The number of rotatable bonds is 2. The van der Waals surface area contributed by atoms with Gasteiger partial charge in [0.15, 0.2) is 5.71 Å². The Morgan fingerprint density at radius 1 is 0.969 bits per heavy atom. The van der Waals surface area contributed by atoms with Gasteiger partial charge >= 0.3 is 0 Å². The van der Waals surface area contributed by atoms with E-state index in [0.717, 1.165) is 35.7 Å². The monoisotopic (exact) mass is 465 g/mol. The normalized spacial score (nSPS) is 19.3. The maximum absolute atomic E-state index is 13.0. The van der Waals surface area contributed by atoms with E-state index >= 15 is 0 Å². The summed E-state index contributed by atoms with van der Waals surface area (Å²) >= 11 is 3.48. The Morgan fingerprint density at radius 3 is 2.28 bits per heavy atom. The lowest BCUT2D eigenvalue weighted by atomic mass is 9.94. The smallest absolute Gasteiger partial charge is 0.263 e. The third kappa shape index (κ3) is 5.10. The SMILES string of the molecule is C[N+](C)=C1C=CC(=C2C=C(c3ccc(C(=O)N4CCCCC4)s3)C=C(C(C)(C)C)S2)C=C1. The van der Waals surface area contributed by atoms with E-state index < -0.39 is 0 Å². The summed E-state index contributed by atoms with van der Waals surface area (Å²) in [6.45, 7) is 8.57. The molecule has 0 N–H and O–H groups in total. The second-order valence-electron chi connectivity index (χ2n) is 9.78. The Labute approximate surface area is 200 Å². The van der Waals surface area contributed by atoms with Crippen molar-refractivity contribution in [1.29, 1.82) is 0 Å². The van der Waals surface area contributed by atoms with Gasteiger partial charge in [0, 0.05) is 35.0 Å². The number of likely N-dealkylation sites (tertiary alicyclic amines) is 1. The summed E-state index contributed by atoms with van der Waals surface area (Å²) in [5, 5.41) is 0. The molecule has 1 aromatic heterocycles. The van der Waals surface area contributed by atoms with Gasteiger partial charge in [-0.1, -0.05) is 32.5 Å². The van der Waals surface area contributed by atoms with Crippen molar-refractivity contribution in [3.05, 3.63) is 73.7 Å². The van der Waals surface area contributed by atoms with Crippen LogP contribution in [0, 0.1) is 5.41 Å². The molecule has 1 aromatic rings. The lowest BCUT2D eigenvalue weighted by Gasteiger charge is -2.27. The van der Waals surface area contributed by atoms with E-state index in [1.54, 1.807) is 11.3 Å². The Kier molecular flexibility index (Phi) is 6.78. The molecule has 0 unspecified atom stereocenters. The van der Waals surface area contributed by atoms with Gasteiger partial charge in [-0.2, -0.15) is 0 Å². The molecule has 3 aliphatic rings. The summed E-state index contributed by atoms with van der Waals surface area (Å²) in [4.78, 5) is 19.6. The van der Waals surface area contributed by atoms with Gasteiger partial charge in [0.1, 0.15) is 14.1 Å². The van der Waals surface area contributed by atoms with Crippen LogP contribution in [0.5, 0.6) is 0 Å². The first kappa shape index (κ1) is 23.1. The molecule has 4 rings (SSSR count). The Hall–Kier alpha value is -2.11. The molecule has 0 radical (unpaired) electrons. The molecule has 2 aliphatic heterocycles. The summed E-state index contributed by atoms with van der Waals surface area (Å²) < 4.78 is 2.12. The largest absolute Gasteiger partial charge is 0.338 e. The second kappa shape index (κ2) is 9.40. The zero-order valence-electron chi connectivity index (χ0n) is 19.8. The van der Waals surface area contributed by atoms with Gasteiger partial charge in [0.05, 0.1) is 4.88 Å². The number of carbonyl (C=O) groups is 1. The Morgan fingerprint density at radius 2 is 1.66 bits per heavy atom. The number of amides is 1. The van der Waals surface area contributed by atoms with E-state index in [4.69, 9.17) is 0 Å². The molecule has 0 aromatic carbocycles. The topological polar surface area (TPSA) is 23.3 Å². The van der Waals surface area contributed by atoms with E-state index in [1.807, 2.05) is 22.7 Å². The minimum Gasteiger partial charge on any atom is -0.338 e. The van der Waals surface area contributed by atoms with Crippen molar-refractivity contribution in [3.8, 4) is 0 Å². The third-order valence-corrected chi connectivity index (χ3v) is 8.59. The molecule has 1 aliphatic carbocycles. The summed E-state index contributed by atoms with van der Waals surface area (Å²) in [6.07, 6.45) is 16.8. The van der Waals surface area contributed by atoms with Crippen molar-refractivity contribution in [3.63, 3.8) is 0 Å². The third-order valence-electron chi connectivity index (χ3n) is 5.95. The van der Waals surface area contributed by atoms with Crippen LogP contribution in [0.3, 0.4) is 0 Å². The van der Waals surface area contributed by atoms with Gasteiger partial charge in [0.25, 0.3) is 5.91 Å². The summed E-state index contributed by atoms with van der Waals surface area (Å²) in [5.41, 5.74) is 3.69. The molecular formula is C27H33N2OS2+. The van der Waals surface area contributed by atoms with Crippen LogP contribution >= 0.6 is 23.1 Å². The number of carbonyl (C=O) groups excluding carboxylic acids is 1. The first-order valence-electron chi connectivity index (χ1n) is 11.4. The van der Waals surface area contributed by atoms with Crippen LogP contribution in [0.15, 0.2) is 64.0 Å². The lowest BCUT2D eigenvalue weighted by molar-refractivity contribution is -0.462. The Bertz CT molecular complexity index is 1070. The van der Waals surface area contributed by atoms with Crippen LogP contribution in [-0.4, -0.2) is 48.3 Å². The van der Waals surface area contributed by atoms with Crippen molar-refractivity contribution < 1.29 is 9.37 Å². The highest BCUT2D eigenvalue weighted by Crippen LogP contribution is 2.47. The number of allylic oxidation sites excluding steroid dienone is 9. The fourth-order valence-corrected chi connectivity index (χ4v) is 6.07. The number of thioether (sulfide) groups is 1. The van der Waals surface area contributed by atoms with Crippen molar-refractivity contribution in [2.45, 2.75) is 40.0 Å². The molecule has 0 bridgehead atoms. The fourth-order valence-electron chi connectivity index (χ4n) is 3.94. The van der Waals surface area contributed by atoms with Crippen LogP contribution in [0.2, 0.25) is 0 Å². The van der Waals surface area contributed by atoms with Gasteiger partial charge < -0.3 is 4.90 Å². The minimum atomic E-state index is 0.0582. The Balaban J connectivity index is 1.68.